The van der Waals surface area contributed by atoms with Gasteiger partial charge in [-0.2, -0.15) is 5.10 Å². The molecule has 0 aliphatic heterocycles. The van der Waals surface area contributed by atoms with Gasteiger partial charge in [0.05, 0.1) is 35.4 Å². The molecule has 1 unspecified atom stereocenters. The first-order valence-electron chi connectivity index (χ1n) is 8.78. The summed E-state index contributed by atoms with van der Waals surface area (Å²) in [6.07, 6.45) is 3.23. The number of nitrogens with one attached hydrogen (secondary N) is 3. The predicted octanol–water partition coefficient (Wildman–Crippen LogP) is 3.25. The van der Waals surface area contributed by atoms with Crippen molar-refractivity contribution in [2.75, 3.05) is 0 Å². The van der Waals surface area contributed by atoms with Crippen LogP contribution in [-0.4, -0.2) is 25.7 Å². The van der Waals surface area contributed by atoms with Crippen LogP contribution in [0.2, 0.25) is 5.02 Å². The molecule has 4 aromatic rings. The number of imidazole rings is 1. The molecule has 0 aliphatic carbocycles. The summed E-state index contributed by atoms with van der Waals surface area (Å²) in [5.74, 6) is -0.222. The van der Waals surface area contributed by atoms with Crippen molar-refractivity contribution in [3.63, 3.8) is 0 Å². The van der Waals surface area contributed by atoms with E-state index in [4.69, 9.17) is 11.6 Å². The maximum Gasteiger partial charge on any atom is 0.323 e. The molecule has 2 aromatic heterocycles. The lowest BCUT2D eigenvalue weighted by Gasteiger charge is -2.13. The first kappa shape index (κ1) is 18.1. The van der Waals surface area contributed by atoms with Gasteiger partial charge in [0, 0.05) is 11.2 Å². The van der Waals surface area contributed by atoms with Crippen LogP contribution in [0, 0.1) is 0 Å². The molecule has 0 saturated carbocycles. The molecule has 0 saturated heterocycles. The quantitative estimate of drug-likeness (QED) is 0.484. The van der Waals surface area contributed by atoms with E-state index in [2.05, 4.69) is 20.4 Å². The van der Waals surface area contributed by atoms with Crippen molar-refractivity contribution >= 4 is 28.5 Å². The minimum Gasteiger partial charge on any atom is -0.345 e. The molecule has 4 rings (SSSR count). The summed E-state index contributed by atoms with van der Waals surface area (Å²) in [6, 6.07) is 12.8. The third kappa shape index (κ3) is 3.70. The maximum absolute atomic E-state index is 12.6. The van der Waals surface area contributed by atoms with Gasteiger partial charge >= 0.3 is 5.69 Å². The van der Waals surface area contributed by atoms with Gasteiger partial charge in [0.15, 0.2) is 0 Å². The molecule has 0 spiro atoms. The van der Waals surface area contributed by atoms with Crippen LogP contribution >= 0.6 is 11.6 Å². The molecule has 0 radical (unpaired) electrons. The highest BCUT2D eigenvalue weighted by molar-refractivity contribution is 6.31. The summed E-state index contributed by atoms with van der Waals surface area (Å²) in [6.45, 7) is 2.37. The number of amides is 1. The lowest BCUT2D eigenvalue weighted by Crippen LogP contribution is -2.26. The van der Waals surface area contributed by atoms with Gasteiger partial charge in [-0.05, 0) is 36.2 Å². The van der Waals surface area contributed by atoms with Crippen LogP contribution in [-0.2, 0) is 6.54 Å². The fraction of sp³-hybridized carbons (Fsp3) is 0.150. The zero-order chi connectivity index (χ0) is 19.7. The van der Waals surface area contributed by atoms with Crippen LogP contribution in [0.3, 0.4) is 0 Å². The van der Waals surface area contributed by atoms with Gasteiger partial charge in [0.25, 0.3) is 5.91 Å². The Kier molecular flexibility index (Phi) is 4.75. The fourth-order valence-electron chi connectivity index (χ4n) is 3.05. The molecule has 3 N–H and O–H groups in total. The Balaban J connectivity index is 1.46. The van der Waals surface area contributed by atoms with Crippen molar-refractivity contribution in [2.45, 2.75) is 19.5 Å². The molecule has 0 bridgehead atoms. The van der Waals surface area contributed by atoms with E-state index in [0.717, 1.165) is 16.6 Å². The summed E-state index contributed by atoms with van der Waals surface area (Å²) in [5.41, 5.74) is 3.47. The molecule has 2 aromatic carbocycles. The minimum atomic E-state index is -0.255. The molecule has 28 heavy (non-hydrogen) atoms. The van der Waals surface area contributed by atoms with Crippen molar-refractivity contribution in [1.29, 1.82) is 0 Å². The minimum absolute atomic E-state index is 0.222. The van der Waals surface area contributed by atoms with Gasteiger partial charge in [-0.25, -0.2) is 4.79 Å². The largest absolute Gasteiger partial charge is 0.345 e. The second-order valence-electron chi connectivity index (χ2n) is 6.60. The Morgan fingerprint density at radius 3 is 2.82 bits per heavy atom. The van der Waals surface area contributed by atoms with Gasteiger partial charge in [0.2, 0.25) is 0 Å². The Bertz CT molecular complexity index is 1210. The van der Waals surface area contributed by atoms with Crippen molar-refractivity contribution in [2.24, 2.45) is 0 Å². The van der Waals surface area contributed by atoms with E-state index in [9.17, 15) is 9.59 Å². The Labute approximate surface area is 165 Å². The van der Waals surface area contributed by atoms with Gasteiger partial charge in [-0.15, -0.1) is 0 Å². The van der Waals surface area contributed by atoms with Crippen LogP contribution < -0.4 is 11.0 Å². The lowest BCUT2D eigenvalue weighted by molar-refractivity contribution is 0.0940. The van der Waals surface area contributed by atoms with Crippen LogP contribution in [0.4, 0.5) is 0 Å². The number of carbonyl (C=O) groups is 1. The van der Waals surface area contributed by atoms with Gasteiger partial charge < -0.3 is 15.3 Å². The van der Waals surface area contributed by atoms with Gasteiger partial charge in [-0.1, -0.05) is 35.9 Å². The van der Waals surface area contributed by atoms with E-state index < -0.39 is 0 Å². The highest BCUT2D eigenvalue weighted by atomic mass is 35.5. The number of fused-ring (bicyclic) bond motifs is 1. The molecule has 0 aliphatic rings. The number of aromatic nitrogens is 4. The Morgan fingerprint density at radius 2 is 2.00 bits per heavy atom. The van der Waals surface area contributed by atoms with E-state index in [1.807, 2.05) is 49.4 Å². The average Bonchev–Trinajstić information content (AvgIpc) is 3.28. The molecule has 0 fully saturated rings. The van der Waals surface area contributed by atoms with Crippen molar-refractivity contribution in [3.8, 4) is 0 Å². The number of aromatic amines is 2. The summed E-state index contributed by atoms with van der Waals surface area (Å²) in [4.78, 5) is 29.4. The molecule has 1 atom stereocenters. The lowest BCUT2D eigenvalue weighted by atomic mass is 10.1. The number of rotatable bonds is 5. The maximum atomic E-state index is 12.6. The summed E-state index contributed by atoms with van der Waals surface area (Å²) in [5, 5.41) is 7.87. The summed E-state index contributed by atoms with van der Waals surface area (Å²) >= 11 is 6.18. The van der Waals surface area contributed by atoms with E-state index in [1.165, 1.54) is 6.20 Å². The zero-order valence-corrected chi connectivity index (χ0v) is 15.8. The monoisotopic (exact) mass is 395 g/mol. The van der Waals surface area contributed by atoms with Crippen molar-refractivity contribution < 1.29 is 4.79 Å². The number of H-pyrrole nitrogens is 2. The summed E-state index contributed by atoms with van der Waals surface area (Å²) < 4.78 is 1.68. The number of halogens is 1. The van der Waals surface area contributed by atoms with Gasteiger partial charge in [-0.3, -0.25) is 9.48 Å². The van der Waals surface area contributed by atoms with Crippen molar-refractivity contribution in [1.82, 2.24) is 25.1 Å². The second kappa shape index (κ2) is 7.36. The molecule has 2 heterocycles. The molecule has 142 valence electrons. The third-order valence-electron chi connectivity index (χ3n) is 4.57. The van der Waals surface area contributed by atoms with Gasteiger partial charge in [0.1, 0.15) is 0 Å². The number of hydrogen-bond donors (Lipinski definition) is 3. The first-order valence-corrected chi connectivity index (χ1v) is 9.16. The molecular formula is C20H18ClN5O2. The number of hydrogen-bond acceptors (Lipinski definition) is 3. The Morgan fingerprint density at radius 1 is 1.21 bits per heavy atom. The predicted molar refractivity (Wildman–Crippen MR) is 108 cm³/mol. The average molecular weight is 396 g/mol. The number of nitrogens with zero attached hydrogens (tertiary/aromatic N) is 2. The normalized spacial score (nSPS) is 12.2. The smallest absolute Gasteiger partial charge is 0.323 e. The van der Waals surface area contributed by atoms with Crippen LogP contribution in [0.5, 0.6) is 0 Å². The van der Waals surface area contributed by atoms with E-state index in [-0.39, 0.29) is 17.6 Å². The first-order chi connectivity index (χ1) is 13.5. The van der Waals surface area contributed by atoms with Crippen molar-refractivity contribution in [3.05, 3.63) is 87.1 Å². The molecular weight excluding hydrogens is 378 g/mol. The number of carbonyl (C=O) groups excluding carboxylic acids is 1. The topological polar surface area (TPSA) is 95.6 Å². The number of benzene rings is 2. The SMILES string of the molecule is CC(NC(=O)c1cnn(Cc2ccccc2Cl)c1)c1ccc2[nH]c(=O)[nH]c2c1. The van der Waals surface area contributed by atoms with Crippen LogP contribution in [0.1, 0.15) is 34.5 Å². The van der Waals surface area contributed by atoms with Crippen LogP contribution in [0.15, 0.2) is 59.7 Å². The third-order valence-corrected chi connectivity index (χ3v) is 4.94. The zero-order valence-electron chi connectivity index (χ0n) is 15.1. The standard InChI is InChI=1S/C20H18ClN5O2/c1-12(13-6-7-17-18(8-13)25-20(28)24-17)23-19(27)15-9-22-26(11-15)10-14-4-2-3-5-16(14)21/h2-9,11-12H,10H2,1H3,(H,23,27)(H2,24,25,28). The van der Waals surface area contributed by atoms with E-state index in [0.29, 0.717) is 22.6 Å². The molecule has 1 amide bonds. The molecule has 8 heteroatoms. The molecule has 7 nitrogen and oxygen atoms in total. The highest BCUT2D eigenvalue weighted by Crippen LogP contribution is 2.18. The second-order valence-corrected chi connectivity index (χ2v) is 7.00. The van der Waals surface area contributed by atoms with E-state index in [1.54, 1.807) is 10.9 Å². The summed E-state index contributed by atoms with van der Waals surface area (Å²) in [7, 11) is 0. The van der Waals surface area contributed by atoms with E-state index >= 15 is 0 Å². The Hall–Kier alpha value is -3.32. The fourth-order valence-corrected chi connectivity index (χ4v) is 3.25. The highest BCUT2D eigenvalue weighted by Gasteiger charge is 2.14. The van der Waals surface area contributed by atoms with Crippen LogP contribution in [0.25, 0.3) is 11.0 Å².